The van der Waals surface area contributed by atoms with Crippen LogP contribution < -0.4 is 4.90 Å². The fourth-order valence-electron chi connectivity index (χ4n) is 2.06. The smallest absolute Gasteiger partial charge is 0.241 e. The normalized spacial score (nSPS) is 16.3. The summed E-state index contributed by atoms with van der Waals surface area (Å²) in [5.41, 5.74) is 0.944. The van der Waals surface area contributed by atoms with E-state index in [1.165, 1.54) is 6.33 Å². The lowest BCUT2D eigenvalue weighted by atomic mass is 10.1. The molecule has 0 radical (unpaired) electrons. The highest BCUT2D eigenvalue weighted by Crippen LogP contribution is 2.25. The molecule has 1 aliphatic rings. The Morgan fingerprint density at radius 1 is 1.39 bits per heavy atom. The average Bonchev–Trinajstić information content (AvgIpc) is 2.35. The topological polar surface area (TPSA) is 49.3 Å². The van der Waals surface area contributed by atoms with Crippen LogP contribution >= 0.6 is 11.6 Å². The van der Waals surface area contributed by atoms with Gasteiger partial charge in [-0.05, 0) is 6.42 Å². The minimum absolute atomic E-state index is 0.110. The van der Waals surface area contributed by atoms with Crippen LogP contribution in [0.3, 0.4) is 0 Å². The van der Waals surface area contributed by atoms with Gasteiger partial charge in [-0.3, -0.25) is 4.79 Å². The number of nitrogens with zero attached hydrogens (tertiary/aromatic N) is 4. The zero-order valence-corrected chi connectivity index (χ0v) is 11.4. The second-order valence-electron chi connectivity index (χ2n) is 4.45. The van der Waals surface area contributed by atoms with Crippen molar-refractivity contribution in [2.75, 3.05) is 31.6 Å². The molecule has 0 atom stereocenters. The highest BCUT2D eigenvalue weighted by atomic mass is 35.5. The lowest BCUT2D eigenvalue weighted by Gasteiger charge is -2.33. The molecule has 0 bridgehead atoms. The number of hydrogen-bond donors (Lipinski definition) is 0. The SMILES string of the molecule is CCCc1c(Cl)ncnc1N1CCN(C)C(=O)C1. The molecule has 0 aliphatic carbocycles. The zero-order chi connectivity index (χ0) is 13.1. The summed E-state index contributed by atoms with van der Waals surface area (Å²) in [4.78, 5) is 23.8. The number of aromatic nitrogens is 2. The molecule has 1 aromatic heterocycles. The first-order valence-electron chi connectivity index (χ1n) is 6.11. The molecule has 5 nitrogen and oxygen atoms in total. The highest BCUT2D eigenvalue weighted by molar-refractivity contribution is 6.30. The molecule has 1 aromatic rings. The van der Waals surface area contributed by atoms with Crippen molar-refractivity contribution in [3.8, 4) is 0 Å². The van der Waals surface area contributed by atoms with Crippen LogP contribution in [0.5, 0.6) is 0 Å². The van der Waals surface area contributed by atoms with Gasteiger partial charge in [0.25, 0.3) is 0 Å². The molecule has 1 saturated heterocycles. The van der Waals surface area contributed by atoms with Crippen molar-refractivity contribution in [1.82, 2.24) is 14.9 Å². The summed E-state index contributed by atoms with van der Waals surface area (Å²) < 4.78 is 0. The van der Waals surface area contributed by atoms with Gasteiger partial charge in [0.1, 0.15) is 17.3 Å². The van der Waals surface area contributed by atoms with Gasteiger partial charge in [-0.1, -0.05) is 24.9 Å². The number of piperazine rings is 1. The van der Waals surface area contributed by atoms with E-state index >= 15 is 0 Å². The predicted molar refractivity (Wildman–Crippen MR) is 70.9 cm³/mol. The summed E-state index contributed by atoms with van der Waals surface area (Å²) in [6, 6.07) is 0. The number of carbonyl (C=O) groups excluding carboxylic acids is 1. The van der Waals surface area contributed by atoms with E-state index in [4.69, 9.17) is 11.6 Å². The molecule has 2 rings (SSSR count). The summed E-state index contributed by atoms with van der Waals surface area (Å²) in [6.07, 6.45) is 3.26. The van der Waals surface area contributed by atoms with Gasteiger partial charge in [-0.2, -0.15) is 0 Å². The van der Waals surface area contributed by atoms with Crippen LogP contribution in [-0.2, 0) is 11.2 Å². The molecule has 2 heterocycles. The largest absolute Gasteiger partial charge is 0.345 e. The van der Waals surface area contributed by atoms with Crippen molar-refractivity contribution in [1.29, 1.82) is 0 Å². The van der Waals surface area contributed by atoms with Crippen LogP contribution in [0.15, 0.2) is 6.33 Å². The Hall–Kier alpha value is -1.36. The van der Waals surface area contributed by atoms with Gasteiger partial charge in [0, 0.05) is 25.7 Å². The average molecular weight is 269 g/mol. The van der Waals surface area contributed by atoms with Gasteiger partial charge in [-0.15, -0.1) is 0 Å². The van der Waals surface area contributed by atoms with E-state index in [0.717, 1.165) is 30.8 Å². The third kappa shape index (κ3) is 2.56. The molecule has 6 heteroatoms. The van der Waals surface area contributed by atoms with Gasteiger partial charge in [0.15, 0.2) is 0 Å². The number of likely N-dealkylation sites (N-methyl/N-ethyl adjacent to an activating group) is 1. The molecule has 1 fully saturated rings. The molecule has 0 spiro atoms. The van der Waals surface area contributed by atoms with E-state index in [1.54, 1.807) is 4.90 Å². The molecule has 18 heavy (non-hydrogen) atoms. The first kappa shape index (κ1) is 13.1. The first-order valence-corrected chi connectivity index (χ1v) is 6.49. The van der Waals surface area contributed by atoms with Crippen molar-refractivity contribution < 1.29 is 4.79 Å². The maximum atomic E-state index is 11.7. The van der Waals surface area contributed by atoms with E-state index < -0.39 is 0 Å². The van der Waals surface area contributed by atoms with Crippen LogP contribution in [0.4, 0.5) is 5.82 Å². The fraction of sp³-hybridized carbons (Fsp3) is 0.583. The number of rotatable bonds is 3. The van der Waals surface area contributed by atoms with Gasteiger partial charge in [0.05, 0.1) is 6.54 Å². The van der Waals surface area contributed by atoms with E-state index in [1.807, 2.05) is 11.9 Å². The van der Waals surface area contributed by atoms with Crippen molar-refractivity contribution in [2.24, 2.45) is 0 Å². The van der Waals surface area contributed by atoms with Crippen LogP contribution in [0.25, 0.3) is 0 Å². The lowest BCUT2D eigenvalue weighted by molar-refractivity contribution is -0.129. The molecule has 0 unspecified atom stereocenters. The molecular formula is C12H17ClN4O. The zero-order valence-electron chi connectivity index (χ0n) is 10.7. The molecule has 0 saturated carbocycles. The molecular weight excluding hydrogens is 252 g/mol. The monoisotopic (exact) mass is 268 g/mol. The Balaban J connectivity index is 2.27. The Morgan fingerprint density at radius 2 is 2.17 bits per heavy atom. The predicted octanol–water partition coefficient (Wildman–Crippen LogP) is 1.36. The summed E-state index contributed by atoms with van der Waals surface area (Å²) >= 11 is 6.12. The number of hydrogen-bond acceptors (Lipinski definition) is 4. The summed E-state index contributed by atoms with van der Waals surface area (Å²) in [7, 11) is 1.82. The minimum Gasteiger partial charge on any atom is -0.345 e. The van der Waals surface area contributed by atoms with Crippen molar-refractivity contribution in [3.05, 3.63) is 17.0 Å². The van der Waals surface area contributed by atoms with E-state index in [-0.39, 0.29) is 5.91 Å². The number of anilines is 1. The first-order chi connectivity index (χ1) is 8.63. The van der Waals surface area contributed by atoms with Gasteiger partial charge >= 0.3 is 0 Å². The van der Waals surface area contributed by atoms with Gasteiger partial charge in [0.2, 0.25) is 5.91 Å². The van der Waals surface area contributed by atoms with Gasteiger partial charge in [-0.25, -0.2) is 9.97 Å². The van der Waals surface area contributed by atoms with Crippen LogP contribution in [0.1, 0.15) is 18.9 Å². The van der Waals surface area contributed by atoms with Crippen LogP contribution in [0, 0.1) is 0 Å². The Bertz CT molecular complexity index is 452. The van der Waals surface area contributed by atoms with Crippen LogP contribution in [-0.4, -0.2) is 47.5 Å². The van der Waals surface area contributed by atoms with Crippen LogP contribution in [0.2, 0.25) is 5.15 Å². The summed E-state index contributed by atoms with van der Waals surface area (Å²) in [5, 5.41) is 0.494. The third-order valence-electron chi connectivity index (χ3n) is 3.13. The number of halogens is 1. The summed E-state index contributed by atoms with van der Waals surface area (Å²) in [5.74, 6) is 0.914. The maximum absolute atomic E-state index is 11.7. The Morgan fingerprint density at radius 3 is 2.83 bits per heavy atom. The molecule has 0 aromatic carbocycles. The van der Waals surface area contributed by atoms with Crippen molar-refractivity contribution in [2.45, 2.75) is 19.8 Å². The third-order valence-corrected chi connectivity index (χ3v) is 3.45. The highest BCUT2D eigenvalue weighted by Gasteiger charge is 2.24. The minimum atomic E-state index is 0.110. The van der Waals surface area contributed by atoms with E-state index in [0.29, 0.717) is 18.2 Å². The second kappa shape index (κ2) is 5.52. The van der Waals surface area contributed by atoms with Gasteiger partial charge < -0.3 is 9.80 Å². The quantitative estimate of drug-likeness (QED) is 0.777. The molecule has 98 valence electrons. The molecule has 1 aliphatic heterocycles. The van der Waals surface area contributed by atoms with Crippen molar-refractivity contribution in [3.63, 3.8) is 0 Å². The van der Waals surface area contributed by atoms with E-state index in [9.17, 15) is 4.79 Å². The molecule has 1 amide bonds. The fourth-order valence-corrected chi connectivity index (χ4v) is 2.28. The lowest BCUT2D eigenvalue weighted by Crippen LogP contribution is -2.49. The number of carbonyl (C=O) groups is 1. The maximum Gasteiger partial charge on any atom is 0.241 e. The standard InChI is InChI=1S/C12H17ClN4O/c1-3-4-9-11(13)14-8-15-12(9)17-6-5-16(2)10(18)7-17/h8H,3-7H2,1-2H3. The van der Waals surface area contributed by atoms with Crippen molar-refractivity contribution >= 4 is 23.3 Å². The Kier molecular flexibility index (Phi) is 4.01. The second-order valence-corrected chi connectivity index (χ2v) is 4.81. The molecule has 0 N–H and O–H groups in total. The van der Waals surface area contributed by atoms with E-state index in [2.05, 4.69) is 16.9 Å². The Labute approximate surface area is 112 Å². The number of amides is 1. The summed E-state index contributed by atoms with van der Waals surface area (Å²) in [6.45, 7) is 3.95.